The van der Waals surface area contributed by atoms with Crippen molar-refractivity contribution in [3.8, 4) is 11.5 Å². The van der Waals surface area contributed by atoms with E-state index in [-0.39, 0.29) is 6.04 Å². The highest BCUT2D eigenvalue weighted by atomic mass is 16.5. The van der Waals surface area contributed by atoms with Crippen LogP contribution >= 0.6 is 0 Å². The zero-order valence-corrected chi connectivity index (χ0v) is 10.4. The van der Waals surface area contributed by atoms with Crippen LogP contribution in [0.1, 0.15) is 11.6 Å². The van der Waals surface area contributed by atoms with E-state index in [1.165, 1.54) is 6.33 Å². The van der Waals surface area contributed by atoms with Crippen LogP contribution in [0.4, 0.5) is 0 Å². The molecule has 6 nitrogen and oxygen atoms in total. The van der Waals surface area contributed by atoms with E-state index in [1.54, 1.807) is 25.2 Å². The predicted molar refractivity (Wildman–Crippen MR) is 66.5 cm³/mol. The molecule has 1 aromatic carbocycles. The molecule has 0 aliphatic heterocycles. The Morgan fingerprint density at radius 2 is 2.17 bits per heavy atom. The minimum absolute atomic E-state index is 0.239. The van der Waals surface area contributed by atoms with Gasteiger partial charge in [0, 0.05) is 5.56 Å². The van der Waals surface area contributed by atoms with Crippen molar-refractivity contribution in [1.82, 2.24) is 14.8 Å². The van der Waals surface area contributed by atoms with Gasteiger partial charge < -0.3 is 15.2 Å². The van der Waals surface area contributed by atoms with E-state index in [9.17, 15) is 0 Å². The first-order chi connectivity index (χ1) is 8.74. The summed E-state index contributed by atoms with van der Waals surface area (Å²) in [5.74, 6) is 1.49. The summed E-state index contributed by atoms with van der Waals surface area (Å²) in [6.45, 7) is 0.531. The quantitative estimate of drug-likeness (QED) is 0.854. The molecule has 2 rings (SSSR count). The second-order valence-electron chi connectivity index (χ2n) is 3.83. The molecule has 2 aromatic rings. The summed E-state index contributed by atoms with van der Waals surface area (Å²) < 4.78 is 12.2. The van der Waals surface area contributed by atoms with Crippen LogP contribution in [0.3, 0.4) is 0 Å². The number of aromatic nitrogens is 3. The van der Waals surface area contributed by atoms with E-state index in [4.69, 9.17) is 15.2 Å². The van der Waals surface area contributed by atoms with E-state index in [1.807, 2.05) is 18.2 Å². The Labute approximate surface area is 105 Å². The number of rotatable bonds is 5. The largest absolute Gasteiger partial charge is 0.497 e. The van der Waals surface area contributed by atoms with E-state index < -0.39 is 0 Å². The number of methoxy groups -OCH3 is 2. The summed E-state index contributed by atoms with van der Waals surface area (Å²) in [4.78, 5) is 3.89. The minimum atomic E-state index is -0.239. The lowest BCUT2D eigenvalue weighted by molar-refractivity contribution is 0.390. The van der Waals surface area contributed by atoms with E-state index in [0.717, 1.165) is 17.1 Å². The molecule has 1 atom stereocenters. The van der Waals surface area contributed by atoms with E-state index in [2.05, 4.69) is 10.1 Å². The zero-order chi connectivity index (χ0) is 13.0. The van der Waals surface area contributed by atoms with Crippen LogP contribution in [0, 0.1) is 0 Å². The average molecular weight is 248 g/mol. The van der Waals surface area contributed by atoms with Gasteiger partial charge in [0.15, 0.2) is 0 Å². The number of ether oxygens (including phenoxy) is 2. The molecule has 6 heteroatoms. The van der Waals surface area contributed by atoms with Gasteiger partial charge in [-0.3, -0.25) is 4.68 Å². The Bertz CT molecular complexity index is 499. The molecule has 0 amide bonds. The van der Waals surface area contributed by atoms with Crippen LogP contribution < -0.4 is 15.2 Å². The molecule has 18 heavy (non-hydrogen) atoms. The number of benzene rings is 1. The molecule has 0 aliphatic carbocycles. The molecule has 1 aromatic heterocycles. The smallest absolute Gasteiger partial charge is 0.137 e. The minimum Gasteiger partial charge on any atom is -0.497 e. The molecule has 0 saturated carbocycles. The topological polar surface area (TPSA) is 75.2 Å². The van der Waals surface area contributed by atoms with Crippen LogP contribution in [0.5, 0.6) is 11.5 Å². The Morgan fingerprint density at radius 3 is 2.78 bits per heavy atom. The van der Waals surface area contributed by atoms with Gasteiger partial charge in [0.2, 0.25) is 0 Å². The molecule has 0 saturated heterocycles. The highest BCUT2D eigenvalue weighted by Gasteiger charge is 2.14. The summed E-state index contributed by atoms with van der Waals surface area (Å²) in [6, 6.07) is 5.32. The van der Waals surface area contributed by atoms with E-state index >= 15 is 0 Å². The number of hydrogen-bond donors (Lipinski definition) is 1. The van der Waals surface area contributed by atoms with Gasteiger partial charge in [-0.1, -0.05) is 0 Å². The molecular weight excluding hydrogens is 232 g/mol. The molecule has 0 fully saturated rings. The van der Waals surface area contributed by atoms with Crippen LogP contribution in [-0.2, 0) is 6.54 Å². The number of hydrogen-bond acceptors (Lipinski definition) is 5. The summed E-state index contributed by atoms with van der Waals surface area (Å²) in [6.07, 6.45) is 3.11. The zero-order valence-electron chi connectivity index (χ0n) is 10.4. The SMILES string of the molecule is COc1ccc(OC)c(C(N)Cn2cncn2)c1. The first kappa shape index (κ1) is 12.4. The molecule has 1 unspecified atom stereocenters. The van der Waals surface area contributed by atoms with Crippen molar-refractivity contribution < 1.29 is 9.47 Å². The summed E-state index contributed by atoms with van der Waals surface area (Å²) in [5.41, 5.74) is 7.04. The van der Waals surface area contributed by atoms with Gasteiger partial charge in [-0.15, -0.1) is 0 Å². The van der Waals surface area contributed by atoms with Gasteiger partial charge in [-0.2, -0.15) is 5.10 Å². The van der Waals surface area contributed by atoms with Gasteiger partial charge in [0.1, 0.15) is 24.2 Å². The lowest BCUT2D eigenvalue weighted by Gasteiger charge is -2.16. The monoisotopic (exact) mass is 248 g/mol. The Kier molecular flexibility index (Phi) is 3.78. The maximum Gasteiger partial charge on any atom is 0.137 e. The van der Waals surface area contributed by atoms with Crippen molar-refractivity contribution in [2.45, 2.75) is 12.6 Å². The lowest BCUT2D eigenvalue weighted by atomic mass is 10.1. The number of nitrogens with zero attached hydrogens (tertiary/aromatic N) is 3. The summed E-state index contributed by atoms with van der Waals surface area (Å²) in [7, 11) is 3.24. The molecule has 0 aliphatic rings. The van der Waals surface area contributed by atoms with Crippen LogP contribution in [0.25, 0.3) is 0 Å². The molecule has 1 heterocycles. The van der Waals surface area contributed by atoms with Crippen molar-refractivity contribution in [1.29, 1.82) is 0 Å². The van der Waals surface area contributed by atoms with Crippen LogP contribution in [0.2, 0.25) is 0 Å². The second-order valence-corrected chi connectivity index (χ2v) is 3.83. The molecule has 2 N–H and O–H groups in total. The Balaban J connectivity index is 2.24. The third kappa shape index (κ3) is 2.60. The fourth-order valence-electron chi connectivity index (χ4n) is 1.76. The van der Waals surface area contributed by atoms with Crippen molar-refractivity contribution in [3.63, 3.8) is 0 Å². The first-order valence-corrected chi connectivity index (χ1v) is 5.54. The molecule has 0 bridgehead atoms. The van der Waals surface area contributed by atoms with Crippen molar-refractivity contribution in [2.75, 3.05) is 14.2 Å². The van der Waals surface area contributed by atoms with Crippen molar-refractivity contribution in [3.05, 3.63) is 36.4 Å². The lowest BCUT2D eigenvalue weighted by Crippen LogP contribution is -2.18. The fraction of sp³-hybridized carbons (Fsp3) is 0.333. The summed E-state index contributed by atoms with van der Waals surface area (Å²) >= 11 is 0. The Hall–Kier alpha value is -2.08. The highest BCUT2D eigenvalue weighted by molar-refractivity contribution is 5.42. The molecule has 0 radical (unpaired) electrons. The van der Waals surface area contributed by atoms with Crippen molar-refractivity contribution in [2.24, 2.45) is 5.73 Å². The fourth-order valence-corrected chi connectivity index (χ4v) is 1.76. The van der Waals surface area contributed by atoms with Crippen molar-refractivity contribution >= 4 is 0 Å². The standard InChI is InChI=1S/C12H16N4O2/c1-17-9-3-4-12(18-2)10(5-9)11(13)6-16-8-14-7-15-16/h3-5,7-8,11H,6,13H2,1-2H3. The van der Waals surface area contributed by atoms with E-state index in [0.29, 0.717) is 6.54 Å². The predicted octanol–water partition coefficient (Wildman–Crippen LogP) is 0.995. The molecular formula is C12H16N4O2. The number of nitrogens with two attached hydrogens (primary N) is 1. The van der Waals surface area contributed by atoms with Gasteiger partial charge in [0.25, 0.3) is 0 Å². The highest BCUT2D eigenvalue weighted by Crippen LogP contribution is 2.28. The first-order valence-electron chi connectivity index (χ1n) is 5.54. The molecule has 96 valence electrons. The Morgan fingerprint density at radius 1 is 1.33 bits per heavy atom. The maximum atomic E-state index is 6.16. The maximum absolute atomic E-state index is 6.16. The summed E-state index contributed by atoms with van der Waals surface area (Å²) in [5, 5.41) is 4.03. The van der Waals surface area contributed by atoms with Crippen LogP contribution in [-0.4, -0.2) is 29.0 Å². The van der Waals surface area contributed by atoms with Gasteiger partial charge >= 0.3 is 0 Å². The second kappa shape index (κ2) is 5.50. The van der Waals surface area contributed by atoms with Gasteiger partial charge in [-0.05, 0) is 18.2 Å². The van der Waals surface area contributed by atoms with Gasteiger partial charge in [-0.25, -0.2) is 4.98 Å². The molecule has 0 spiro atoms. The van der Waals surface area contributed by atoms with Crippen LogP contribution in [0.15, 0.2) is 30.9 Å². The third-order valence-corrected chi connectivity index (χ3v) is 2.69. The normalized spacial score (nSPS) is 12.2. The van der Waals surface area contributed by atoms with Gasteiger partial charge in [0.05, 0.1) is 26.8 Å². The average Bonchev–Trinajstić information content (AvgIpc) is 2.90. The third-order valence-electron chi connectivity index (χ3n) is 2.69.